The minimum atomic E-state index is -0.271. The third kappa shape index (κ3) is 2.23. The summed E-state index contributed by atoms with van der Waals surface area (Å²) in [5.41, 5.74) is 1.39. The van der Waals surface area contributed by atoms with Crippen LogP contribution in [0.25, 0.3) is 0 Å². The maximum atomic E-state index is 12.1. The zero-order valence-corrected chi connectivity index (χ0v) is 10.8. The molecule has 8 heteroatoms. The van der Waals surface area contributed by atoms with E-state index in [4.69, 9.17) is 0 Å². The van der Waals surface area contributed by atoms with Crippen LogP contribution in [0.1, 0.15) is 34.8 Å². The molecule has 18 heavy (non-hydrogen) atoms. The number of tetrazole rings is 1. The summed E-state index contributed by atoms with van der Waals surface area (Å²) in [6.45, 7) is 0. The smallest absolute Gasteiger partial charge is 0.270 e. The normalized spacial score (nSPS) is 14.5. The van der Waals surface area contributed by atoms with Gasteiger partial charge in [-0.25, -0.2) is 0 Å². The van der Waals surface area contributed by atoms with Crippen molar-refractivity contribution in [1.29, 1.82) is 0 Å². The van der Waals surface area contributed by atoms with Crippen LogP contribution < -0.4 is 5.32 Å². The molecule has 0 radical (unpaired) electrons. The van der Waals surface area contributed by atoms with E-state index in [0.717, 1.165) is 23.0 Å². The lowest BCUT2D eigenvalue weighted by atomic mass is 10.1. The Labute approximate surface area is 111 Å². The Kier molecular flexibility index (Phi) is 2.78. The number of H-pyrrole nitrogens is 1. The SMILES string of the molecule is O=C(Nc1nn[nH]n1)c1cc(Br)cnc1C1CC1. The van der Waals surface area contributed by atoms with Gasteiger partial charge in [-0.1, -0.05) is 5.10 Å². The number of carbonyl (C=O) groups excluding carboxylic acids is 1. The van der Waals surface area contributed by atoms with E-state index >= 15 is 0 Å². The summed E-state index contributed by atoms with van der Waals surface area (Å²) in [6, 6.07) is 1.76. The molecular formula is C10H9BrN6O. The second-order valence-corrected chi connectivity index (χ2v) is 4.97. The van der Waals surface area contributed by atoms with Gasteiger partial charge >= 0.3 is 0 Å². The molecule has 0 aromatic carbocycles. The summed E-state index contributed by atoms with van der Waals surface area (Å²) in [6.07, 6.45) is 3.87. The monoisotopic (exact) mass is 308 g/mol. The molecule has 7 nitrogen and oxygen atoms in total. The van der Waals surface area contributed by atoms with Crippen molar-refractivity contribution >= 4 is 27.8 Å². The first-order chi connectivity index (χ1) is 8.74. The first-order valence-electron chi connectivity index (χ1n) is 5.44. The van der Waals surface area contributed by atoms with Gasteiger partial charge in [-0.2, -0.15) is 5.21 Å². The molecule has 0 spiro atoms. The van der Waals surface area contributed by atoms with E-state index in [1.54, 1.807) is 12.3 Å². The van der Waals surface area contributed by atoms with Crippen LogP contribution in [0.2, 0.25) is 0 Å². The molecule has 1 saturated carbocycles. The lowest BCUT2D eigenvalue weighted by Crippen LogP contribution is -2.16. The number of hydrogen-bond acceptors (Lipinski definition) is 5. The topological polar surface area (TPSA) is 96.5 Å². The zero-order valence-electron chi connectivity index (χ0n) is 9.22. The van der Waals surface area contributed by atoms with Gasteiger partial charge < -0.3 is 0 Å². The average Bonchev–Trinajstić information content (AvgIpc) is 3.08. The highest BCUT2D eigenvalue weighted by molar-refractivity contribution is 9.10. The van der Waals surface area contributed by atoms with Crippen molar-refractivity contribution in [2.75, 3.05) is 5.32 Å². The Hall–Kier alpha value is -1.83. The second kappa shape index (κ2) is 4.45. The quantitative estimate of drug-likeness (QED) is 0.895. The second-order valence-electron chi connectivity index (χ2n) is 4.05. The van der Waals surface area contributed by atoms with Crippen LogP contribution in [0.5, 0.6) is 0 Å². The van der Waals surface area contributed by atoms with E-state index in [1.807, 2.05) is 0 Å². The summed E-state index contributed by atoms with van der Waals surface area (Å²) >= 11 is 3.32. The molecule has 0 unspecified atom stereocenters. The number of hydrogen-bond donors (Lipinski definition) is 2. The van der Waals surface area contributed by atoms with E-state index in [2.05, 4.69) is 46.9 Å². The van der Waals surface area contributed by atoms with Crippen LogP contribution in [0.15, 0.2) is 16.7 Å². The zero-order chi connectivity index (χ0) is 12.5. The van der Waals surface area contributed by atoms with Crippen molar-refractivity contribution in [3.8, 4) is 0 Å². The molecule has 1 aliphatic rings. The maximum Gasteiger partial charge on any atom is 0.270 e. The number of aromatic nitrogens is 5. The molecule has 0 saturated heterocycles. The third-order valence-electron chi connectivity index (χ3n) is 2.66. The molecule has 92 valence electrons. The molecule has 2 N–H and O–H groups in total. The van der Waals surface area contributed by atoms with Crippen LogP contribution >= 0.6 is 15.9 Å². The Morgan fingerprint density at radius 3 is 3.00 bits per heavy atom. The van der Waals surface area contributed by atoms with E-state index in [1.165, 1.54) is 0 Å². The van der Waals surface area contributed by atoms with Gasteiger partial charge in [0.05, 0.1) is 11.3 Å². The van der Waals surface area contributed by atoms with E-state index in [9.17, 15) is 4.79 Å². The minimum absolute atomic E-state index is 0.154. The number of rotatable bonds is 3. The van der Waals surface area contributed by atoms with E-state index in [0.29, 0.717) is 11.5 Å². The van der Waals surface area contributed by atoms with Gasteiger partial charge in [0, 0.05) is 16.6 Å². The van der Waals surface area contributed by atoms with Gasteiger partial charge in [0.2, 0.25) is 0 Å². The average molecular weight is 309 g/mol. The van der Waals surface area contributed by atoms with Crippen LogP contribution in [0.4, 0.5) is 5.95 Å². The molecule has 2 aromatic heterocycles. The highest BCUT2D eigenvalue weighted by Crippen LogP contribution is 2.41. The van der Waals surface area contributed by atoms with Crippen molar-refractivity contribution in [3.05, 3.63) is 28.0 Å². The van der Waals surface area contributed by atoms with Crippen molar-refractivity contribution in [2.45, 2.75) is 18.8 Å². The van der Waals surface area contributed by atoms with Crippen molar-refractivity contribution < 1.29 is 4.79 Å². The fourth-order valence-corrected chi connectivity index (χ4v) is 2.03. The van der Waals surface area contributed by atoms with Crippen molar-refractivity contribution in [3.63, 3.8) is 0 Å². The van der Waals surface area contributed by atoms with Gasteiger partial charge in [-0.3, -0.25) is 15.1 Å². The number of nitrogens with zero attached hydrogens (tertiary/aromatic N) is 4. The lowest BCUT2D eigenvalue weighted by Gasteiger charge is -2.07. The summed E-state index contributed by atoms with van der Waals surface area (Å²) < 4.78 is 0.769. The number of halogens is 1. The highest BCUT2D eigenvalue weighted by atomic mass is 79.9. The molecular weight excluding hydrogens is 300 g/mol. The molecule has 0 aliphatic heterocycles. The Bertz CT molecular complexity index is 580. The van der Waals surface area contributed by atoms with Crippen LogP contribution in [0.3, 0.4) is 0 Å². The van der Waals surface area contributed by atoms with Gasteiger partial charge in [0.1, 0.15) is 0 Å². The third-order valence-corrected chi connectivity index (χ3v) is 3.10. The number of aromatic amines is 1. The Morgan fingerprint density at radius 2 is 2.33 bits per heavy atom. The molecule has 1 fully saturated rings. The minimum Gasteiger partial charge on any atom is -0.288 e. The van der Waals surface area contributed by atoms with Crippen LogP contribution in [0, 0.1) is 0 Å². The fraction of sp³-hybridized carbons (Fsp3) is 0.300. The number of carbonyl (C=O) groups is 1. The maximum absolute atomic E-state index is 12.1. The van der Waals surface area contributed by atoms with Gasteiger partial charge in [-0.15, -0.1) is 5.10 Å². The number of pyridine rings is 1. The van der Waals surface area contributed by atoms with Crippen molar-refractivity contribution in [2.24, 2.45) is 0 Å². The summed E-state index contributed by atoms with van der Waals surface area (Å²) in [4.78, 5) is 16.4. The predicted molar refractivity (Wildman–Crippen MR) is 66.0 cm³/mol. The summed E-state index contributed by atoms with van der Waals surface area (Å²) in [5, 5.41) is 15.6. The largest absolute Gasteiger partial charge is 0.288 e. The molecule has 1 amide bonds. The molecule has 2 aromatic rings. The first-order valence-corrected chi connectivity index (χ1v) is 6.23. The number of nitrogens with one attached hydrogen (secondary N) is 2. The van der Waals surface area contributed by atoms with Gasteiger partial charge in [-0.05, 0) is 40.1 Å². The fourth-order valence-electron chi connectivity index (χ4n) is 1.70. The Balaban J connectivity index is 1.90. The van der Waals surface area contributed by atoms with Crippen molar-refractivity contribution in [1.82, 2.24) is 25.6 Å². The summed E-state index contributed by atoms with van der Waals surface area (Å²) in [5.74, 6) is 0.276. The molecule has 3 rings (SSSR count). The first kappa shape index (κ1) is 11.3. The summed E-state index contributed by atoms with van der Waals surface area (Å²) in [7, 11) is 0. The van der Waals surface area contributed by atoms with E-state index in [-0.39, 0.29) is 11.9 Å². The predicted octanol–water partition coefficient (Wildman–Crippen LogP) is 1.49. The Morgan fingerprint density at radius 1 is 1.50 bits per heavy atom. The van der Waals surface area contributed by atoms with E-state index < -0.39 is 0 Å². The highest BCUT2D eigenvalue weighted by Gasteiger charge is 2.30. The molecule has 0 atom stereocenters. The molecule has 1 aliphatic carbocycles. The molecule has 2 heterocycles. The van der Waals surface area contributed by atoms with Gasteiger partial charge in [0.25, 0.3) is 11.9 Å². The standard InChI is InChI=1S/C10H9BrN6O/c11-6-3-7(8(12-4-6)5-1-2-5)9(18)13-10-14-16-17-15-10/h3-5H,1-2H2,(H2,13,14,15,16,17,18). The number of amides is 1. The van der Waals surface area contributed by atoms with Crippen LogP contribution in [-0.4, -0.2) is 31.5 Å². The number of anilines is 1. The van der Waals surface area contributed by atoms with Gasteiger partial charge in [0.15, 0.2) is 0 Å². The lowest BCUT2D eigenvalue weighted by molar-refractivity contribution is 0.102. The van der Waals surface area contributed by atoms with Crippen LogP contribution in [-0.2, 0) is 0 Å². The molecule has 0 bridgehead atoms.